The molecule has 2 rings (SSSR count). The number of ketones is 1. The average molecular weight is 357 g/mol. The fourth-order valence-corrected chi connectivity index (χ4v) is 2.80. The van der Waals surface area contributed by atoms with Crippen molar-refractivity contribution in [3.05, 3.63) is 35.5 Å². The van der Waals surface area contributed by atoms with E-state index < -0.39 is 11.5 Å². The molecule has 1 atom stereocenters. The summed E-state index contributed by atoms with van der Waals surface area (Å²) in [4.78, 5) is 29.6. The number of benzene rings is 1. The lowest BCUT2D eigenvalue weighted by Crippen LogP contribution is -2.26. The van der Waals surface area contributed by atoms with Gasteiger partial charge in [0.05, 0.1) is 13.5 Å². The molecular formula is C21H27NO4. The molecule has 5 nitrogen and oxygen atoms in total. The van der Waals surface area contributed by atoms with Gasteiger partial charge in [0.15, 0.2) is 5.78 Å². The number of hydrogen-bond donors (Lipinski definition) is 0. The maximum absolute atomic E-state index is 12.9. The summed E-state index contributed by atoms with van der Waals surface area (Å²) in [6, 6.07) is 7.30. The van der Waals surface area contributed by atoms with Crippen LogP contribution in [-0.2, 0) is 16.0 Å². The van der Waals surface area contributed by atoms with Crippen molar-refractivity contribution in [3.8, 4) is 5.75 Å². The molecule has 0 saturated carbocycles. The highest BCUT2D eigenvalue weighted by molar-refractivity contribution is 6.10. The van der Waals surface area contributed by atoms with Crippen molar-refractivity contribution in [1.82, 2.24) is 4.98 Å². The van der Waals surface area contributed by atoms with Crippen LogP contribution in [0.3, 0.4) is 0 Å². The summed E-state index contributed by atoms with van der Waals surface area (Å²) in [5.74, 6) is -0.323. The lowest BCUT2D eigenvalue weighted by atomic mass is 9.93. The van der Waals surface area contributed by atoms with Crippen LogP contribution in [0.1, 0.15) is 57.1 Å². The fraction of sp³-hybridized carbons (Fsp3) is 0.476. The minimum atomic E-state index is -0.562. The van der Waals surface area contributed by atoms with E-state index in [0.29, 0.717) is 16.8 Å². The molecule has 0 fully saturated rings. The zero-order valence-electron chi connectivity index (χ0n) is 16.4. The third-order valence-electron chi connectivity index (χ3n) is 4.07. The second-order valence-electron chi connectivity index (χ2n) is 7.42. The van der Waals surface area contributed by atoms with Gasteiger partial charge in [-0.1, -0.05) is 19.9 Å². The number of fused-ring (bicyclic) bond motifs is 1. The molecular weight excluding hydrogens is 330 g/mol. The summed E-state index contributed by atoms with van der Waals surface area (Å²) < 4.78 is 10.7. The van der Waals surface area contributed by atoms with Crippen LogP contribution >= 0.6 is 0 Å². The third-order valence-corrected chi connectivity index (χ3v) is 4.07. The number of pyridine rings is 1. The summed E-state index contributed by atoms with van der Waals surface area (Å²) in [5, 5.41) is 0.739. The van der Waals surface area contributed by atoms with Gasteiger partial charge in [-0.05, 0) is 45.4 Å². The van der Waals surface area contributed by atoms with Crippen LogP contribution < -0.4 is 4.74 Å². The number of esters is 1. The number of Topliss-reactive ketones (excluding diaryl/α,β-unsaturated/α-hetero) is 1. The lowest BCUT2D eigenvalue weighted by molar-refractivity contribution is -0.155. The van der Waals surface area contributed by atoms with E-state index in [-0.39, 0.29) is 18.2 Å². The highest BCUT2D eigenvalue weighted by Gasteiger charge is 2.24. The van der Waals surface area contributed by atoms with Crippen molar-refractivity contribution >= 4 is 22.7 Å². The first-order valence-corrected chi connectivity index (χ1v) is 8.89. The van der Waals surface area contributed by atoms with Crippen molar-refractivity contribution in [2.45, 2.75) is 53.1 Å². The molecule has 140 valence electrons. The van der Waals surface area contributed by atoms with Gasteiger partial charge in [0, 0.05) is 22.6 Å². The van der Waals surface area contributed by atoms with Crippen LogP contribution in [0, 0.1) is 5.92 Å². The molecule has 0 aliphatic heterocycles. The van der Waals surface area contributed by atoms with E-state index in [1.54, 1.807) is 26.2 Å². The van der Waals surface area contributed by atoms with E-state index >= 15 is 0 Å². The van der Waals surface area contributed by atoms with Gasteiger partial charge in [-0.2, -0.15) is 0 Å². The van der Waals surface area contributed by atoms with Crippen LogP contribution in [0.4, 0.5) is 0 Å². The first-order chi connectivity index (χ1) is 12.2. The Morgan fingerprint density at radius 1 is 1.15 bits per heavy atom. The van der Waals surface area contributed by atoms with E-state index in [2.05, 4.69) is 4.98 Å². The zero-order valence-corrected chi connectivity index (χ0v) is 16.4. The Morgan fingerprint density at radius 2 is 1.85 bits per heavy atom. The normalized spacial score (nSPS) is 12.7. The molecule has 0 radical (unpaired) electrons. The number of aryl methyl sites for hydroxylation is 1. The molecule has 1 aromatic heterocycles. The molecule has 1 unspecified atom stereocenters. The maximum atomic E-state index is 12.9. The number of hydrogen-bond acceptors (Lipinski definition) is 5. The topological polar surface area (TPSA) is 65.5 Å². The third kappa shape index (κ3) is 4.59. The first-order valence-electron chi connectivity index (χ1n) is 8.89. The van der Waals surface area contributed by atoms with Crippen molar-refractivity contribution in [2.75, 3.05) is 7.11 Å². The summed E-state index contributed by atoms with van der Waals surface area (Å²) >= 11 is 0. The Morgan fingerprint density at radius 3 is 2.42 bits per heavy atom. The summed E-state index contributed by atoms with van der Waals surface area (Å²) in [6.07, 6.45) is 0.844. The van der Waals surface area contributed by atoms with Gasteiger partial charge in [-0.15, -0.1) is 0 Å². The smallest absolute Gasteiger partial charge is 0.307 e. The molecule has 2 aromatic rings. The molecule has 0 bridgehead atoms. The van der Waals surface area contributed by atoms with Gasteiger partial charge in [0.2, 0.25) is 0 Å². The highest BCUT2D eigenvalue weighted by atomic mass is 16.6. The van der Waals surface area contributed by atoms with E-state index in [9.17, 15) is 9.59 Å². The Hall–Kier alpha value is -2.43. The number of aromatic nitrogens is 1. The molecule has 1 aromatic carbocycles. The van der Waals surface area contributed by atoms with Crippen LogP contribution in [-0.4, -0.2) is 29.4 Å². The number of methoxy groups -OCH3 is 1. The van der Waals surface area contributed by atoms with Crippen molar-refractivity contribution in [3.63, 3.8) is 0 Å². The largest absolute Gasteiger partial charge is 0.494 e. The van der Waals surface area contributed by atoms with Crippen molar-refractivity contribution < 1.29 is 19.1 Å². The Balaban J connectivity index is 2.34. The van der Waals surface area contributed by atoms with E-state index in [4.69, 9.17) is 9.47 Å². The number of nitrogens with zero attached hydrogens (tertiary/aromatic N) is 1. The van der Waals surface area contributed by atoms with Gasteiger partial charge in [0.1, 0.15) is 16.9 Å². The number of rotatable bonds is 6. The van der Waals surface area contributed by atoms with Gasteiger partial charge in [-0.3, -0.25) is 9.59 Å². The summed E-state index contributed by atoms with van der Waals surface area (Å²) in [6.45, 7) is 9.21. The van der Waals surface area contributed by atoms with Crippen LogP contribution in [0.15, 0.2) is 24.3 Å². The Kier molecular flexibility index (Phi) is 6.01. The molecule has 26 heavy (non-hydrogen) atoms. The standard InChI is InChI=1S/C21H27NO4/c1-7-14-8-9-15-16(10-11-17(25-6)19(15)22-14)20(24)13(2)12-18(23)26-21(3,4)5/h8-11,13H,7,12H2,1-6H3. The first kappa shape index (κ1) is 19.9. The molecule has 0 saturated heterocycles. The monoisotopic (exact) mass is 357 g/mol. The van der Waals surface area contributed by atoms with E-state index in [0.717, 1.165) is 17.5 Å². The number of ether oxygens (including phenoxy) is 2. The van der Waals surface area contributed by atoms with Gasteiger partial charge in [0.25, 0.3) is 0 Å². The fourth-order valence-electron chi connectivity index (χ4n) is 2.80. The molecule has 0 aliphatic rings. The predicted octanol–water partition coefficient (Wildman–Crippen LogP) is 4.36. The second kappa shape index (κ2) is 7.85. The Bertz CT molecular complexity index is 821. The molecule has 1 heterocycles. The van der Waals surface area contributed by atoms with Crippen LogP contribution in [0.5, 0.6) is 5.75 Å². The molecule has 0 N–H and O–H groups in total. The lowest BCUT2D eigenvalue weighted by Gasteiger charge is -2.21. The Labute approximate surface area is 154 Å². The molecule has 0 amide bonds. The van der Waals surface area contributed by atoms with E-state index in [1.165, 1.54) is 0 Å². The second-order valence-corrected chi connectivity index (χ2v) is 7.42. The van der Waals surface area contributed by atoms with Gasteiger partial charge >= 0.3 is 5.97 Å². The summed E-state index contributed by atoms with van der Waals surface area (Å²) in [7, 11) is 1.59. The highest BCUT2D eigenvalue weighted by Crippen LogP contribution is 2.29. The maximum Gasteiger partial charge on any atom is 0.307 e. The van der Waals surface area contributed by atoms with Crippen LogP contribution in [0.25, 0.3) is 10.9 Å². The van der Waals surface area contributed by atoms with Crippen molar-refractivity contribution in [1.29, 1.82) is 0 Å². The number of carbonyl (C=O) groups is 2. The zero-order chi connectivity index (χ0) is 19.5. The molecule has 0 spiro atoms. The van der Waals surface area contributed by atoms with E-state index in [1.807, 2.05) is 39.8 Å². The molecule has 5 heteroatoms. The SMILES string of the molecule is CCc1ccc2c(C(=O)C(C)CC(=O)OC(C)(C)C)ccc(OC)c2n1. The minimum absolute atomic E-state index is 0.0457. The predicted molar refractivity (Wildman–Crippen MR) is 102 cm³/mol. The quantitative estimate of drug-likeness (QED) is 0.568. The average Bonchev–Trinajstić information content (AvgIpc) is 2.57. The minimum Gasteiger partial charge on any atom is -0.494 e. The van der Waals surface area contributed by atoms with Crippen LogP contribution in [0.2, 0.25) is 0 Å². The van der Waals surface area contributed by atoms with Gasteiger partial charge in [-0.25, -0.2) is 4.98 Å². The molecule has 0 aliphatic carbocycles. The van der Waals surface area contributed by atoms with Crippen molar-refractivity contribution in [2.24, 2.45) is 5.92 Å². The number of carbonyl (C=O) groups excluding carboxylic acids is 2. The van der Waals surface area contributed by atoms with Gasteiger partial charge < -0.3 is 9.47 Å². The summed E-state index contributed by atoms with van der Waals surface area (Å²) in [5.41, 5.74) is 1.59.